The molecule has 30 heavy (non-hydrogen) atoms. The summed E-state index contributed by atoms with van der Waals surface area (Å²) in [5.41, 5.74) is 0.394. The number of halogens is 2. The topological polar surface area (TPSA) is 86.8 Å². The van der Waals surface area contributed by atoms with E-state index in [4.69, 9.17) is 37.4 Å². The molecule has 3 rings (SSSR count). The molecule has 0 unspecified atom stereocenters. The predicted octanol–water partition coefficient (Wildman–Crippen LogP) is 5.37. The summed E-state index contributed by atoms with van der Waals surface area (Å²) in [6.07, 6.45) is 1.38. The molecular weight excluding hydrogens is 431 g/mol. The molecule has 3 aromatic rings. The van der Waals surface area contributed by atoms with E-state index in [-0.39, 0.29) is 17.2 Å². The molecule has 2 aromatic carbocycles. The van der Waals surface area contributed by atoms with Crippen LogP contribution in [0.2, 0.25) is 10.0 Å². The van der Waals surface area contributed by atoms with Crippen molar-refractivity contribution in [3.63, 3.8) is 0 Å². The number of esters is 1. The SMILES string of the molecule is COc1ccnc(C(=O)Nc2ccc(Oc3ccc(Cl)cc3Cl)cc2)c1OC(C)=O. The Balaban J connectivity index is 1.76. The zero-order chi connectivity index (χ0) is 21.7. The third-order valence-corrected chi connectivity index (χ3v) is 4.31. The van der Waals surface area contributed by atoms with Crippen molar-refractivity contribution in [1.29, 1.82) is 0 Å². The van der Waals surface area contributed by atoms with Crippen molar-refractivity contribution in [1.82, 2.24) is 4.98 Å². The molecule has 0 spiro atoms. The molecule has 0 bridgehead atoms. The average Bonchev–Trinajstić information content (AvgIpc) is 2.71. The van der Waals surface area contributed by atoms with Crippen LogP contribution in [0.3, 0.4) is 0 Å². The molecule has 0 atom stereocenters. The van der Waals surface area contributed by atoms with Gasteiger partial charge in [-0.1, -0.05) is 23.2 Å². The Kier molecular flexibility index (Phi) is 6.76. The van der Waals surface area contributed by atoms with Gasteiger partial charge in [0.1, 0.15) is 11.5 Å². The quantitative estimate of drug-likeness (QED) is 0.512. The number of nitrogens with one attached hydrogen (secondary N) is 1. The van der Waals surface area contributed by atoms with Gasteiger partial charge in [0.25, 0.3) is 5.91 Å². The fourth-order valence-electron chi connectivity index (χ4n) is 2.48. The first-order valence-electron chi connectivity index (χ1n) is 8.63. The largest absolute Gasteiger partial charge is 0.493 e. The van der Waals surface area contributed by atoms with E-state index < -0.39 is 11.9 Å². The van der Waals surface area contributed by atoms with Crippen LogP contribution < -0.4 is 19.5 Å². The van der Waals surface area contributed by atoms with E-state index in [1.165, 1.54) is 26.3 Å². The van der Waals surface area contributed by atoms with Crippen LogP contribution in [-0.4, -0.2) is 24.0 Å². The van der Waals surface area contributed by atoms with Gasteiger partial charge < -0.3 is 19.5 Å². The van der Waals surface area contributed by atoms with Crippen LogP contribution >= 0.6 is 23.2 Å². The minimum atomic E-state index is -0.599. The lowest BCUT2D eigenvalue weighted by Crippen LogP contribution is -2.17. The molecule has 0 fully saturated rings. The molecule has 0 aliphatic rings. The Morgan fingerprint density at radius 2 is 1.73 bits per heavy atom. The van der Waals surface area contributed by atoms with Crippen molar-refractivity contribution in [2.45, 2.75) is 6.92 Å². The summed E-state index contributed by atoms with van der Waals surface area (Å²) in [4.78, 5) is 28.0. The Bertz CT molecular complexity index is 1090. The maximum absolute atomic E-state index is 12.7. The first-order chi connectivity index (χ1) is 14.4. The van der Waals surface area contributed by atoms with E-state index in [2.05, 4.69) is 10.3 Å². The number of nitrogens with zero attached hydrogens (tertiary/aromatic N) is 1. The number of pyridine rings is 1. The molecule has 154 valence electrons. The number of carbonyl (C=O) groups is 2. The number of methoxy groups -OCH3 is 1. The molecule has 0 aliphatic carbocycles. The monoisotopic (exact) mass is 446 g/mol. The molecule has 0 radical (unpaired) electrons. The Morgan fingerprint density at radius 1 is 1.00 bits per heavy atom. The van der Waals surface area contributed by atoms with Crippen molar-refractivity contribution in [3.05, 3.63) is 70.5 Å². The molecule has 0 saturated heterocycles. The Morgan fingerprint density at radius 3 is 2.37 bits per heavy atom. The fourth-order valence-corrected chi connectivity index (χ4v) is 2.92. The summed E-state index contributed by atoms with van der Waals surface area (Å²) < 4.78 is 16.0. The maximum atomic E-state index is 12.7. The molecule has 1 amide bonds. The van der Waals surface area contributed by atoms with Crippen molar-refractivity contribution < 1.29 is 23.8 Å². The van der Waals surface area contributed by atoms with Crippen LogP contribution in [0.4, 0.5) is 5.69 Å². The second-order valence-corrected chi connectivity index (χ2v) is 6.78. The summed E-state index contributed by atoms with van der Waals surface area (Å²) >= 11 is 12.0. The number of anilines is 1. The third kappa shape index (κ3) is 5.20. The summed E-state index contributed by atoms with van der Waals surface area (Å²) in [7, 11) is 1.40. The van der Waals surface area contributed by atoms with Gasteiger partial charge in [-0.25, -0.2) is 4.98 Å². The van der Waals surface area contributed by atoms with E-state index in [1.54, 1.807) is 42.5 Å². The third-order valence-electron chi connectivity index (χ3n) is 3.78. The number of ether oxygens (including phenoxy) is 3. The highest BCUT2D eigenvalue weighted by Gasteiger charge is 2.20. The van der Waals surface area contributed by atoms with E-state index in [0.717, 1.165) is 0 Å². The molecule has 0 aliphatic heterocycles. The highest BCUT2D eigenvalue weighted by Crippen LogP contribution is 2.33. The van der Waals surface area contributed by atoms with Gasteiger partial charge in [0.2, 0.25) is 5.75 Å². The molecular formula is C21H16Cl2N2O5. The zero-order valence-corrected chi connectivity index (χ0v) is 17.5. The first-order valence-corrected chi connectivity index (χ1v) is 9.38. The normalized spacial score (nSPS) is 10.3. The number of benzene rings is 2. The summed E-state index contributed by atoms with van der Waals surface area (Å²) in [6.45, 7) is 1.22. The standard InChI is InChI=1S/C21H16Cl2N2O5/c1-12(26)29-20-18(28-2)9-10-24-19(20)21(27)25-14-4-6-15(7-5-14)30-17-8-3-13(22)11-16(17)23/h3-11H,1-2H3,(H,25,27). The Hall–Kier alpha value is -3.29. The van der Waals surface area contributed by atoms with Gasteiger partial charge in [0, 0.05) is 29.9 Å². The lowest BCUT2D eigenvalue weighted by molar-refractivity contribution is -0.132. The van der Waals surface area contributed by atoms with Gasteiger partial charge >= 0.3 is 5.97 Å². The van der Waals surface area contributed by atoms with Crippen molar-refractivity contribution in [2.24, 2.45) is 0 Å². The fraction of sp³-hybridized carbons (Fsp3) is 0.0952. The van der Waals surface area contributed by atoms with Crippen LogP contribution in [0, 0.1) is 0 Å². The molecule has 9 heteroatoms. The van der Waals surface area contributed by atoms with Gasteiger partial charge in [-0.05, 0) is 42.5 Å². The zero-order valence-electron chi connectivity index (χ0n) is 15.9. The maximum Gasteiger partial charge on any atom is 0.308 e. The lowest BCUT2D eigenvalue weighted by atomic mass is 10.2. The van der Waals surface area contributed by atoms with Crippen LogP contribution in [0.15, 0.2) is 54.7 Å². The van der Waals surface area contributed by atoms with Gasteiger partial charge in [-0.2, -0.15) is 0 Å². The minimum Gasteiger partial charge on any atom is -0.493 e. The molecule has 1 N–H and O–H groups in total. The van der Waals surface area contributed by atoms with Gasteiger partial charge in [0.05, 0.1) is 12.1 Å². The predicted molar refractivity (Wildman–Crippen MR) is 113 cm³/mol. The lowest BCUT2D eigenvalue weighted by Gasteiger charge is -2.12. The van der Waals surface area contributed by atoms with Crippen LogP contribution in [-0.2, 0) is 4.79 Å². The number of hydrogen-bond acceptors (Lipinski definition) is 6. The second kappa shape index (κ2) is 9.47. The van der Waals surface area contributed by atoms with Crippen LogP contribution in [0.25, 0.3) is 0 Å². The molecule has 1 aromatic heterocycles. The first kappa shape index (κ1) is 21.4. The van der Waals surface area contributed by atoms with Gasteiger partial charge in [0.15, 0.2) is 11.4 Å². The Labute approximate surface area is 182 Å². The van der Waals surface area contributed by atoms with Crippen molar-refractivity contribution in [2.75, 3.05) is 12.4 Å². The van der Waals surface area contributed by atoms with Crippen molar-refractivity contribution in [3.8, 4) is 23.0 Å². The highest BCUT2D eigenvalue weighted by atomic mass is 35.5. The number of rotatable bonds is 6. The van der Waals surface area contributed by atoms with Gasteiger partial charge in [-0.3, -0.25) is 9.59 Å². The summed E-state index contributed by atoms with van der Waals surface area (Å²) in [5.74, 6) is -0.0460. The number of hydrogen-bond donors (Lipinski definition) is 1. The van der Waals surface area contributed by atoms with E-state index >= 15 is 0 Å². The number of carbonyl (C=O) groups excluding carboxylic acids is 2. The van der Waals surface area contributed by atoms with E-state index in [9.17, 15) is 9.59 Å². The van der Waals surface area contributed by atoms with Crippen molar-refractivity contribution >= 4 is 40.8 Å². The summed E-state index contributed by atoms with van der Waals surface area (Å²) in [5, 5.41) is 3.57. The van der Waals surface area contributed by atoms with E-state index in [0.29, 0.717) is 27.2 Å². The smallest absolute Gasteiger partial charge is 0.308 e. The number of amides is 1. The van der Waals surface area contributed by atoms with Crippen LogP contribution in [0.1, 0.15) is 17.4 Å². The van der Waals surface area contributed by atoms with E-state index in [1.807, 2.05) is 0 Å². The molecule has 7 nitrogen and oxygen atoms in total. The van der Waals surface area contributed by atoms with Crippen LogP contribution in [0.5, 0.6) is 23.0 Å². The second-order valence-electron chi connectivity index (χ2n) is 5.94. The minimum absolute atomic E-state index is 0.0534. The average molecular weight is 447 g/mol. The molecule has 1 heterocycles. The molecule has 0 saturated carbocycles. The van der Waals surface area contributed by atoms with Gasteiger partial charge in [-0.15, -0.1) is 0 Å². The highest BCUT2D eigenvalue weighted by molar-refractivity contribution is 6.35. The summed E-state index contributed by atoms with van der Waals surface area (Å²) in [6, 6.07) is 13.0. The number of aromatic nitrogens is 1.